The van der Waals surface area contributed by atoms with Crippen LogP contribution in [0.1, 0.15) is 71.6 Å². The van der Waals surface area contributed by atoms with Gasteiger partial charge in [-0.2, -0.15) is 0 Å². The van der Waals surface area contributed by atoms with E-state index < -0.39 is 0 Å². The van der Waals surface area contributed by atoms with E-state index in [0.717, 1.165) is 19.6 Å². The Hall–Kier alpha value is -0.810. The molecule has 24 heavy (non-hydrogen) atoms. The van der Waals surface area contributed by atoms with Crippen LogP contribution in [0.25, 0.3) is 0 Å². The molecule has 1 aliphatic carbocycles. The Kier molecular flexibility index (Phi) is 14.0. The Balaban J connectivity index is 0.00000529. The van der Waals surface area contributed by atoms with Gasteiger partial charge in [0.2, 0.25) is 11.8 Å². The highest BCUT2D eigenvalue weighted by Gasteiger charge is 2.12. The summed E-state index contributed by atoms with van der Waals surface area (Å²) in [6, 6.07) is 0.626. The minimum Gasteiger partial charge on any atom is -0.355 e. The molecular formula is C18H36ClN3O2. The van der Waals surface area contributed by atoms with E-state index in [9.17, 15) is 9.59 Å². The van der Waals surface area contributed by atoms with E-state index in [2.05, 4.69) is 10.6 Å². The summed E-state index contributed by atoms with van der Waals surface area (Å²) >= 11 is 0. The zero-order valence-electron chi connectivity index (χ0n) is 15.4. The van der Waals surface area contributed by atoms with Gasteiger partial charge in [0, 0.05) is 45.1 Å². The Morgan fingerprint density at radius 3 is 2.17 bits per heavy atom. The molecule has 0 bridgehead atoms. The van der Waals surface area contributed by atoms with Gasteiger partial charge in [-0.25, -0.2) is 0 Å². The molecule has 0 heterocycles. The number of halogens is 1. The Labute approximate surface area is 153 Å². The number of amides is 2. The molecule has 2 N–H and O–H groups in total. The predicted molar refractivity (Wildman–Crippen MR) is 102 cm³/mol. The van der Waals surface area contributed by atoms with E-state index in [1.54, 1.807) is 0 Å². The first-order valence-corrected chi connectivity index (χ1v) is 9.45. The molecular weight excluding hydrogens is 326 g/mol. The summed E-state index contributed by atoms with van der Waals surface area (Å²) in [6.07, 6.45) is 9.45. The molecule has 2 amide bonds. The van der Waals surface area contributed by atoms with Crippen molar-refractivity contribution in [3.05, 3.63) is 0 Å². The monoisotopic (exact) mass is 361 g/mol. The van der Waals surface area contributed by atoms with Crippen molar-refractivity contribution in [3.8, 4) is 0 Å². The van der Waals surface area contributed by atoms with Crippen LogP contribution in [-0.2, 0) is 9.59 Å². The van der Waals surface area contributed by atoms with Gasteiger partial charge in [0.25, 0.3) is 0 Å². The van der Waals surface area contributed by atoms with Gasteiger partial charge in [0.15, 0.2) is 0 Å². The van der Waals surface area contributed by atoms with Gasteiger partial charge < -0.3 is 15.5 Å². The second-order valence-electron chi connectivity index (χ2n) is 6.41. The van der Waals surface area contributed by atoms with Crippen LogP contribution in [0.15, 0.2) is 0 Å². The molecule has 6 heteroatoms. The number of nitrogens with zero attached hydrogens (tertiary/aromatic N) is 1. The van der Waals surface area contributed by atoms with Gasteiger partial charge in [-0.15, -0.1) is 12.4 Å². The Bertz CT molecular complexity index is 341. The summed E-state index contributed by atoms with van der Waals surface area (Å²) in [5.74, 6) is 0.206. The molecule has 0 aliphatic heterocycles. The maximum atomic E-state index is 11.8. The van der Waals surface area contributed by atoms with Crippen LogP contribution in [0.2, 0.25) is 0 Å². The number of carbonyl (C=O) groups excluding carboxylic acids is 2. The molecule has 1 rings (SSSR count). The van der Waals surface area contributed by atoms with E-state index in [1.165, 1.54) is 38.5 Å². The lowest BCUT2D eigenvalue weighted by Gasteiger charge is -2.18. The van der Waals surface area contributed by atoms with Crippen LogP contribution in [-0.4, -0.2) is 48.9 Å². The third-order valence-corrected chi connectivity index (χ3v) is 4.65. The molecule has 0 aromatic heterocycles. The van der Waals surface area contributed by atoms with Gasteiger partial charge in [-0.1, -0.05) is 25.7 Å². The maximum Gasteiger partial charge on any atom is 0.222 e. The van der Waals surface area contributed by atoms with Crippen molar-refractivity contribution < 1.29 is 9.59 Å². The van der Waals surface area contributed by atoms with E-state index >= 15 is 0 Å². The largest absolute Gasteiger partial charge is 0.355 e. The van der Waals surface area contributed by atoms with E-state index in [4.69, 9.17) is 0 Å². The molecule has 1 fully saturated rings. The number of rotatable bonds is 10. The van der Waals surface area contributed by atoms with Crippen LogP contribution in [0, 0.1) is 0 Å². The molecule has 0 aromatic carbocycles. The SMILES string of the molecule is CCN(CC)C(=O)CCCC(=O)NCCNC1CCCCCC1.Cl. The molecule has 0 saturated heterocycles. The van der Waals surface area contributed by atoms with E-state index in [0.29, 0.717) is 31.8 Å². The van der Waals surface area contributed by atoms with Crippen molar-refractivity contribution in [2.24, 2.45) is 0 Å². The lowest BCUT2D eigenvalue weighted by Crippen LogP contribution is -2.37. The van der Waals surface area contributed by atoms with Crippen LogP contribution in [0.3, 0.4) is 0 Å². The highest BCUT2D eigenvalue weighted by molar-refractivity contribution is 5.85. The summed E-state index contributed by atoms with van der Waals surface area (Å²) in [4.78, 5) is 25.4. The van der Waals surface area contributed by atoms with Gasteiger partial charge >= 0.3 is 0 Å². The van der Waals surface area contributed by atoms with Crippen molar-refractivity contribution >= 4 is 24.2 Å². The van der Waals surface area contributed by atoms with Crippen molar-refractivity contribution in [1.82, 2.24) is 15.5 Å². The second kappa shape index (κ2) is 14.5. The van der Waals surface area contributed by atoms with Gasteiger partial charge in [0.05, 0.1) is 0 Å². The first-order valence-electron chi connectivity index (χ1n) is 9.45. The molecule has 1 saturated carbocycles. The second-order valence-corrected chi connectivity index (χ2v) is 6.41. The maximum absolute atomic E-state index is 11.8. The van der Waals surface area contributed by atoms with Crippen molar-refractivity contribution in [1.29, 1.82) is 0 Å². The van der Waals surface area contributed by atoms with Gasteiger partial charge in [0.1, 0.15) is 0 Å². The van der Waals surface area contributed by atoms with E-state index in [1.807, 2.05) is 18.7 Å². The molecule has 5 nitrogen and oxygen atoms in total. The number of nitrogens with one attached hydrogen (secondary N) is 2. The lowest BCUT2D eigenvalue weighted by atomic mass is 10.1. The molecule has 0 atom stereocenters. The molecule has 142 valence electrons. The van der Waals surface area contributed by atoms with Gasteiger partial charge in [-0.3, -0.25) is 9.59 Å². The third-order valence-electron chi connectivity index (χ3n) is 4.65. The highest BCUT2D eigenvalue weighted by Crippen LogP contribution is 2.16. The number of carbonyl (C=O) groups is 2. The highest BCUT2D eigenvalue weighted by atomic mass is 35.5. The van der Waals surface area contributed by atoms with Crippen LogP contribution in [0.4, 0.5) is 0 Å². The standard InChI is InChI=1S/C18H35N3O2.ClH/c1-3-21(4-2)18(23)13-9-12-17(22)20-15-14-19-16-10-7-5-6-8-11-16;/h16,19H,3-15H2,1-2H3,(H,20,22);1H. The quantitative estimate of drug-likeness (QED) is 0.464. The average Bonchev–Trinajstić information content (AvgIpc) is 2.81. The lowest BCUT2D eigenvalue weighted by molar-refractivity contribution is -0.131. The summed E-state index contributed by atoms with van der Waals surface area (Å²) in [7, 11) is 0. The molecule has 0 radical (unpaired) electrons. The Morgan fingerprint density at radius 1 is 0.958 bits per heavy atom. The molecule has 0 spiro atoms. The minimum absolute atomic E-state index is 0. The molecule has 1 aliphatic rings. The van der Waals surface area contributed by atoms with Crippen molar-refractivity contribution in [2.75, 3.05) is 26.2 Å². The first kappa shape index (κ1) is 23.2. The van der Waals surface area contributed by atoms with Gasteiger partial charge in [-0.05, 0) is 33.1 Å². The molecule has 0 aromatic rings. The Morgan fingerprint density at radius 2 is 1.58 bits per heavy atom. The third kappa shape index (κ3) is 10.1. The fourth-order valence-electron chi connectivity index (χ4n) is 3.18. The number of hydrogen-bond acceptors (Lipinski definition) is 3. The summed E-state index contributed by atoms with van der Waals surface area (Å²) in [5.41, 5.74) is 0. The zero-order valence-corrected chi connectivity index (χ0v) is 16.3. The smallest absolute Gasteiger partial charge is 0.222 e. The van der Waals surface area contributed by atoms with Crippen LogP contribution < -0.4 is 10.6 Å². The predicted octanol–water partition coefficient (Wildman–Crippen LogP) is 2.88. The molecule has 0 unspecified atom stereocenters. The summed E-state index contributed by atoms with van der Waals surface area (Å²) in [5, 5.41) is 6.49. The summed E-state index contributed by atoms with van der Waals surface area (Å²) in [6.45, 7) is 6.97. The zero-order chi connectivity index (χ0) is 16.9. The fourth-order valence-corrected chi connectivity index (χ4v) is 3.18. The van der Waals surface area contributed by atoms with Crippen molar-refractivity contribution in [3.63, 3.8) is 0 Å². The number of hydrogen-bond donors (Lipinski definition) is 2. The van der Waals surface area contributed by atoms with Crippen LogP contribution in [0.5, 0.6) is 0 Å². The fraction of sp³-hybridized carbons (Fsp3) is 0.889. The van der Waals surface area contributed by atoms with Crippen LogP contribution >= 0.6 is 12.4 Å². The average molecular weight is 362 g/mol. The van der Waals surface area contributed by atoms with Crippen molar-refractivity contribution in [2.45, 2.75) is 77.7 Å². The minimum atomic E-state index is 0. The topological polar surface area (TPSA) is 61.4 Å². The normalized spacial score (nSPS) is 15.2. The van der Waals surface area contributed by atoms with E-state index in [-0.39, 0.29) is 24.2 Å². The first-order chi connectivity index (χ1) is 11.2. The summed E-state index contributed by atoms with van der Waals surface area (Å²) < 4.78 is 0.